The molecule has 0 radical (unpaired) electrons. The lowest BCUT2D eigenvalue weighted by atomic mass is 10.2. The highest BCUT2D eigenvalue weighted by molar-refractivity contribution is 6.31. The number of rotatable bonds is 2. The SMILES string of the molecule is Cc1cc(C)nc([NH+]=C(N)Nc2cc(Cl)ccc2C)n1. The third kappa shape index (κ3) is 3.68. The summed E-state index contributed by atoms with van der Waals surface area (Å²) >= 11 is 5.97. The first-order valence-corrected chi connectivity index (χ1v) is 6.57. The number of nitrogens with two attached hydrogens (primary N) is 1. The number of benzene rings is 1. The molecule has 0 saturated carbocycles. The molecular formula is C14H17ClN5+. The van der Waals surface area contributed by atoms with Gasteiger partial charge in [-0.2, -0.15) is 0 Å². The average molecular weight is 291 g/mol. The van der Waals surface area contributed by atoms with E-state index in [1.165, 1.54) is 0 Å². The maximum Gasteiger partial charge on any atom is 0.354 e. The molecule has 0 spiro atoms. The van der Waals surface area contributed by atoms with E-state index in [-0.39, 0.29) is 0 Å². The number of aryl methyl sites for hydroxylation is 3. The third-order valence-electron chi connectivity index (χ3n) is 2.70. The Morgan fingerprint density at radius 3 is 2.45 bits per heavy atom. The lowest BCUT2D eigenvalue weighted by molar-refractivity contribution is -0.365. The quantitative estimate of drug-likeness (QED) is 0.574. The van der Waals surface area contributed by atoms with Crippen molar-refractivity contribution in [2.45, 2.75) is 20.8 Å². The van der Waals surface area contributed by atoms with Gasteiger partial charge >= 0.3 is 5.95 Å². The van der Waals surface area contributed by atoms with Crippen molar-refractivity contribution < 1.29 is 4.99 Å². The Morgan fingerprint density at radius 2 is 1.80 bits per heavy atom. The number of aromatic nitrogens is 2. The van der Waals surface area contributed by atoms with Crippen molar-refractivity contribution in [2.24, 2.45) is 5.73 Å². The van der Waals surface area contributed by atoms with Crippen LogP contribution < -0.4 is 16.0 Å². The minimum absolute atomic E-state index is 0.348. The summed E-state index contributed by atoms with van der Waals surface area (Å²) in [4.78, 5) is 11.5. The molecule has 5 nitrogen and oxygen atoms in total. The van der Waals surface area contributed by atoms with Gasteiger partial charge in [-0.15, -0.1) is 9.97 Å². The Hall–Kier alpha value is -2.14. The first kappa shape index (κ1) is 14.3. The Bertz CT molecular complexity index is 646. The lowest BCUT2D eigenvalue weighted by Crippen LogP contribution is -2.72. The van der Waals surface area contributed by atoms with Gasteiger partial charge in [-0.1, -0.05) is 17.7 Å². The number of hydrogen-bond acceptors (Lipinski definition) is 2. The van der Waals surface area contributed by atoms with Crippen molar-refractivity contribution in [2.75, 3.05) is 5.32 Å². The fraction of sp³-hybridized carbons (Fsp3) is 0.214. The maximum absolute atomic E-state index is 5.97. The second kappa shape index (κ2) is 5.88. The van der Waals surface area contributed by atoms with Gasteiger partial charge in [0.2, 0.25) is 0 Å². The van der Waals surface area contributed by atoms with E-state index in [2.05, 4.69) is 20.3 Å². The van der Waals surface area contributed by atoms with Crippen LogP contribution in [0.1, 0.15) is 17.0 Å². The van der Waals surface area contributed by atoms with E-state index >= 15 is 0 Å². The highest BCUT2D eigenvalue weighted by Crippen LogP contribution is 2.19. The van der Waals surface area contributed by atoms with Crippen molar-refractivity contribution in [1.82, 2.24) is 9.97 Å². The maximum atomic E-state index is 5.97. The largest absolute Gasteiger partial charge is 0.354 e. The standard InChI is InChI=1S/C14H16ClN5/c1-8-4-5-11(15)7-12(8)19-13(16)20-14-17-9(2)6-10(3)18-14/h4-7H,1-3H3,(H3,16,17,18,19,20)/p+1. The van der Waals surface area contributed by atoms with E-state index in [4.69, 9.17) is 17.3 Å². The fourth-order valence-corrected chi connectivity index (χ4v) is 1.98. The summed E-state index contributed by atoms with van der Waals surface area (Å²) in [5, 5.41) is 3.70. The molecule has 0 unspecified atom stereocenters. The molecular weight excluding hydrogens is 274 g/mol. The normalized spacial score (nSPS) is 11.5. The zero-order valence-electron chi connectivity index (χ0n) is 11.7. The predicted octanol–water partition coefficient (Wildman–Crippen LogP) is 1.19. The van der Waals surface area contributed by atoms with E-state index in [0.29, 0.717) is 16.9 Å². The molecule has 0 atom stereocenters. The topological polar surface area (TPSA) is 77.8 Å². The van der Waals surface area contributed by atoms with Gasteiger partial charge < -0.3 is 5.73 Å². The van der Waals surface area contributed by atoms with Crippen molar-refractivity contribution in [3.8, 4) is 0 Å². The van der Waals surface area contributed by atoms with Crippen LogP contribution in [0.3, 0.4) is 0 Å². The lowest BCUT2D eigenvalue weighted by Gasteiger charge is -2.05. The first-order chi connectivity index (χ1) is 9.44. The number of anilines is 1. The second-order valence-corrected chi connectivity index (χ2v) is 5.03. The number of nitrogens with zero attached hydrogens (tertiary/aromatic N) is 2. The van der Waals surface area contributed by atoms with Crippen LogP contribution in [-0.2, 0) is 0 Å². The van der Waals surface area contributed by atoms with Gasteiger partial charge in [0.05, 0.1) is 17.1 Å². The summed E-state index contributed by atoms with van der Waals surface area (Å²) in [7, 11) is 0. The molecule has 2 rings (SSSR count). The van der Waals surface area contributed by atoms with Crippen LogP contribution in [0.4, 0.5) is 11.6 Å². The van der Waals surface area contributed by atoms with Gasteiger partial charge in [0.1, 0.15) is 0 Å². The van der Waals surface area contributed by atoms with Crippen LogP contribution in [0.5, 0.6) is 0 Å². The molecule has 0 bridgehead atoms. The van der Waals surface area contributed by atoms with Gasteiger partial charge in [-0.25, -0.2) is 4.99 Å². The van der Waals surface area contributed by atoms with Gasteiger partial charge in [0.25, 0.3) is 5.96 Å². The zero-order chi connectivity index (χ0) is 14.7. The molecule has 0 aliphatic heterocycles. The van der Waals surface area contributed by atoms with E-state index in [1.807, 2.05) is 45.0 Å². The van der Waals surface area contributed by atoms with E-state index in [0.717, 1.165) is 22.6 Å². The number of nitrogens with one attached hydrogen (secondary N) is 2. The van der Waals surface area contributed by atoms with Crippen LogP contribution in [0.2, 0.25) is 5.02 Å². The molecule has 0 amide bonds. The van der Waals surface area contributed by atoms with E-state index in [9.17, 15) is 0 Å². The van der Waals surface area contributed by atoms with Gasteiger partial charge in [0.15, 0.2) is 0 Å². The highest BCUT2D eigenvalue weighted by Gasteiger charge is 2.07. The summed E-state index contributed by atoms with van der Waals surface area (Å²) in [6, 6.07) is 7.47. The fourth-order valence-electron chi connectivity index (χ4n) is 1.81. The number of halogens is 1. The highest BCUT2D eigenvalue weighted by atomic mass is 35.5. The molecule has 2 aromatic rings. The van der Waals surface area contributed by atoms with Crippen LogP contribution in [0.15, 0.2) is 24.3 Å². The van der Waals surface area contributed by atoms with E-state index in [1.54, 1.807) is 0 Å². The minimum atomic E-state index is 0.348. The molecule has 1 aromatic heterocycles. The third-order valence-corrected chi connectivity index (χ3v) is 2.93. The number of guanidine groups is 1. The molecule has 0 aliphatic carbocycles. The summed E-state index contributed by atoms with van der Waals surface area (Å²) < 4.78 is 0. The molecule has 1 heterocycles. The van der Waals surface area contributed by atoms with Crippen molar-refractivity contribution >= 4 is 29.2 Å². The Labute approximate surface area is 122 Å². The molecule has 6 heteroatoms. The smallest absolute Gasteiger partial charge is 0.322 e. The van der Waals surface area contributed by atoms with Crippen molar-refractivity contribution in [3.05, 3.63) is 46.2 Å². The monoisotopic (exact) mass is 290 g/mol. The summed E-state index contributed by atoms with van der Waals surface area (Å²) in [5.41, 5.74) is 9.57. The van der Waals surface area contributed by atoms with Gasteiger partial charge in [-0.05, 0) is 38.5 Å². The van der Waals surface area contributed by atoms with Gasteiger partial charge in [-0.3, -0.25) is 5.32 Å². The van der Waals surface area contributed by atoms with Crippen LogP contribution in [0, 0.1) is 20.8 Å². The van der Waals surface area contributed by atoms with Crippen LogP contribution >= 0.6 is 11.6 Å². The summed E-state index contributed by atoms with van der Waals surface area (Å²) in [5.74, 6) is 0.813. The summed E-state index contributed by atoms with van der Waals surface area (Å²) in [6.45, 7) is 5.79. The molecule has 20 heavy (non-hydrogen) atoms. The number of hydrogen-bond donors (Lipinski definition) is 3. The van der Waals surface area contributed by atoms with E-state index < -0.39 is 0 Å². The first-order valence-electron chi connectivity index (χ1n) is 6.19. The van der Waals surface area contributed by atoms with Gasteiger partial charge in [0, 0.05) is 11.1 Å². The second-order valence-electron chi connectivity index (χ2n) is 4.60. The Kier molecular flexibility index (Phi) is 4.20. The average Bonchev–Trinajstić information content (AvgIpc) is 2.32. The molecule has 0 aliphatic rings. The van der Waals surface area contributed by atoms with Crippen LogP contribution in [0.25, 0.3) is 0 Å². The molecule has 0 saturated heterocycles. The molecule has 1 aromatic carbocycles. The molecule has 4 N–H and O–H groups in total. The van der Waals surface area contributed by atoms with Crippen molar-refractivity contribution in [3.63, 3.8) is 0 Å². The minimum Gasteiger partial charge on any atom is -0.322 e. The summed E-state index contributed by atoms with van der Waals surface area (Å²) in [6.07, 6.45) is 0. The zero-order valence-corrected chi connectivity index (χ0v) is 12.4. The predicted molar refractivity (Wildman–Crippen MR) is 81.1 cm³/mol. The Morgan fingerprint density at radius 1 is 1.15 bits per heavy atom. The molecule has 104 valence electrons. The molecule has 0 fully saturated rings. The van der Waals surface area contributed by atoms with Crippen LogP contribution in [-0.4, -0.2) is 15.9 Å². The Balaban J connectivity index is 2.24. The van der Waals surface area contributed by atoms with Crippen molar-refractivity contribution in [1.29, 1.82) is 0 Å².